The number of nitrogens with zero attached hydrogens (tertiary/aromatic N) is 4. The molecule has 21 heavy (non-hydrogen) atoms. The second-order valence-corrected chi connectivity index (χ2v) is 5.20. The monoisotopic (exact) mass is 289 g/mol. The Labute approximate surface area is 125 Å². The summed E-state index contributed by atoms with van der Waals surface area (Å²) in [5.41, 5.74) is 3.58. The SMILES string of the molecule is CCOc1cc(NC(C)Cc2c(C)nn(C)c2C)ncn1. The normalized spacial score (nSPS) is 12.2. The van der Waals surface area contributed by atoms with Gasteiger partial charge in [0.2, 0.25) is 5.88 Å². The van der Waals surface area contributed by atoms with Gasteiger partial charge in [-0.15, -0.1) is 0 Å². The van der Waals surface area contributed by atoms with Crippen LogP contribution in [0.5, 0.6) is 5.88 Å². The van der Waals surface area contributed by atoms with Crippen LogP contribution in [0.1, 0.15) is 30.8 Å². The number of aromatic nitrogens is 4. The van der Waals surface area contributed by atoms with Crippen LogP contribution in [0.3, 0.4) is 0 Å². The van der Waals surface area contributed by atoms with Gasteiger partial charge in [0.1, 0.15) is 12.1 Å². The molecule has 2 aromatic rings. The largest absolute Gasteiger partial charge is 0.478 e. The number of hydrogen-bond donors (Lipinski definition) is 1. The Balaban J connectivity index is 2.04. The van der Waals surface area contributed by atoms with Crippen molar-refractivity contribution in [1.82, 2.24) is 19.7 Å². The van der Waals surface area contributed by atoms with Crippen molar-refractivity contribution >= 4 is 5.82 Å². The zero-order chi connectivity index (χ0) is 15.4. The quantitative estimate of drug-likeness (QED) is 0.883. The van der Waals surface area contributed by atoms with Crippen molar-refractivity contribution in [1.29, 1.82) is 0 Å². The number of aryl methyl sites for hydroxylation is 2. The first-order valence-corrected chi connectivity index (χ1v) is 7.21. The fourth-order valence-electron chi connectivity index (χ4n) is 2.37. The summed E-state index contributed by atoms with van der Waals surface area (Å²) in [4.78, 5) is 8.30. The molecule has 0 aliphatic heterocycles. The summed E-state index contributed by atoms with van der Waals surface area (Å²) in [5, 5.41) is 7.84. The van der Waals surface area contributed by atoms with Crippen molar-refractivity contribution < 1.29 is 4.74 Å². The molecule has 0 amide bonds. The molecule has 0 aromatic carbocycles. The second-order valence-electron chi connectivity index (χ2n) is 5.20. The maximum Gasteiger partial charge on any atom is 0.218 e. The van der Waals surface area contributed by atoms with E-state index in [4.69, 9.17) is 4.74 Å². The average molecular weight is 289 g/mol. The predicted octanol–water partition coefficient (Wildman–Crippen LogP) is 2.27. The standard InChI is InChI=1S/C15H23N5O/c1-6-21-15-8-14(16-9-17-15)18-10(2)7-13-11(3)19-20(5)12(13)4/h8-10H,6-7H2,1-5H3,(H,16,17,18). The van der Waals surface area contributed by atoms with Crippen molar-refractivity contribution in [2.75, 3.05) is 11.9 Å². The van der Waals surface area contributed by atoms with Gasteiger partial charge in [0, 0.05) is 24.8 Å². The van der Waals surface area contributed by atoms with Crippen LogP contribution in [0, 0.1) is 13.8 Å². The lowest BCUT2D eigenvalue weighted by atomic mass is 10.1. The topological polar surface area (TPSA) is 64.9 Å². The number of ether oxygens (including phenoxy) is 1. The molecule has 0 saturated carbocycles. The van der Waals surface area contributed by atoms with Gasteiger partial charge in [0.05, 0.1) is 12.3 Å². The van der Waals surface area contributed by atoms with Gasteiger partial charge in [-0.05, 0) is 39.7 Å². The fraction of sp³-hybridized carbons (Fsp3) is 0.533. The molecule has 2 aromatic heterocycles. The molecule has 1 unspecified atom stereocenters. The molecule has 6 nitrogen and oxygen atoms in total. The Morgan fingerprint density at radius 2 is 2.10 bits per heavy atom. The summed E-state index contributed by atoms with van der Waals surface area (Å²) in [7, 11) is 1.97. The third kappa shape index (κ3) is 3.71. The molecule has 0 radical (unpaired) electrons. The van der Waals surface area contributed by atoms with Crippen LogP contribution in [-0.2, 0) is 13.5 Å². The van der Waals surface area contributed by atoms with E-state index < -0.39 is 0 Å². The van der Waals surface area contributed by atoms with Crippen molar-refractivity contribution in [3.8, 4) is 5.88 Å². The zero-order valence-corrected chi connectivity index (χ0v) is 13.3. The maximum absolute atomic E-state index is 5.38. The molecule has 6 heteroatoms. The fourth-order valence-corrected chi connectivity index (χ4v) is 2.37. The van der Waals surface area contributed by atoms with Crippen molar-refractivity contribution in [3.63, 3.8) is 0 Å². The average Bonchev–Trinajstić information content (AvgIpc) is 2.66. The Bertz CT molecular complexity index is 608. The van der Waals surface area contributed by atoms with E-state index >= 15 is 0 Å². The van der Waals surface area contributed by atoms with E-state index in [9.17, 15) is 0 Å². The van der Waals surface area contributed by atoms with Crippen LogP contribution in [0.4, 0.5) is 5.82 Å². The molecule has 0 aliphatic carbocycles. The molecule has 114 valence electrons. The minimum Gasteiger partial charge on any atom is -0.478 e. The molecule has 0 spiro atoms. The molecular formula is C15H23N5O. The predicted molar refractivity (Wildman–Crippen MR) is 82.7 cm³/mol. The maximum atomic E-state index is 5.38. The van der Waals surface area contributed by atoms with Gasteiger partial charge in [-0.2, -0.15) is 5.10 Å². The second kappa shape index (κ2) is 6.56. The number of anilines is 1. The van der Waals surface area contributed by atoms with Gasteiger partial charge in [-0.25, -0.2) is 9.97 Å². The highest BCUT2D eigenvalue weighted by atomic mass is 16.5. The highest BCUT2D eigenvalue weighted by Gasteiger charge is 2.13. The van der Waals surface area contributed by atoms with E-state index in [-0.39, 0.29) is 6.04 Å². The van der Waals surface area contributed by atoms with Crippen LogP contribution >= 0.6 is 0 Å². The van der Waals surface area contributed by atoms with Crippen molar-refractivity contribution in [2.45, 2.75) is 40.2 Å². The number of nitrogens with one attached hydrogen (secondary N) is 1. The Hall–Kier alpha value is -2.11. The summed E-state index contributed by atoms with van der Waals surface area (Å²) < 4.78 is 7.31. The third-order valence-corrected chi connectivity index (χ3v) is 3.50. The number of rotatable bonds is 6. The Kier molecular flexibility index (Phi) is 4.77. The summed E-state index contributed by atoms with van der Waals surface area (Å²) in [6.45, 7) is 8.81. The van der Waals surface area contributed by atoms with E-state index in [1.165, 1.54) is 17.6 Å². The summed E-state index contributed by atoms with van der Waals surface area (Å²) in [6, 6.07) is 2.07. The summed E-state index contributed by atoms with van der Waals surface area (Å²) in [6.07, 6.45) is 2.42. The van der Waals surface area contributed by atoms with Crippen LogP contribution in [0.15, 0.2) is 12.4 Å². The lowest BCUT2D eigenvalue weighted by Crippen LogP contribution is -2.19. The van der Waals surface area contributed by atoms with Crippen molar-refractivity contribution in [2.24, 2.45) is 7.05 Å². The molecule has 2 rings (SSSR count). The van der Waals surface area contributed by atoms with Gasteiger partial charge in [0.15, 0.2) is 0 Å². The van der Waals surface area contributed by atoms with Crippen LogP contribution in [0.25, 0.3) is 0 Å². The summed E-state index contributed by atoms with van der Waals surface area (Å²) >= 11 is 0. The van der Waals surface area contributed by atoms with E-state index in [0.29, 0.717) is 12.5 Å². The first-order valence-electron chi connectivity index (χ1n) is 7.21. The van der Waals surface area contributed by atoms with E-state index in [1.54, 1.807) is 0 Å². The van der Waals surface area contributed by atoms with Gasteiger partial charge in [0.25, 0.3) is 0 Å². The lowest BCUT2D eigenvalue weighted by molar-refractivity contribution is 0.326. The van der Waals surface area contributed by atoms with Gasteiger partial charge >= 0.3 is 0 Å². The molecule has 0 fully saturated rings. The van der Waals surface area contributed by atoms with Gasteiger partial charge in [-0.1, -0.05) is 0 Å². The highest BCUT2D eigenvalue weighted by Crippen LogP contribution is 2.17. The molecule has 0 saturated heterocycles. The van der Waals surface area contributed by atoms with Gasteiger partial charge in [-0.3, -0.25) is 4.68 Å². The Morgan fingerprint density at radius 1 is 1.33 bits per heavy atom. The lowest BCUT2D eigenvalue weighted by Gasteiger charge is -2.15. The van der Waals surface area contributed by atoms with Crippen LogP contribution < -0.4 is 10.1 Å². The molecule has 0 bridgehead atoms. The van der Waals surface area contributed by atoms with E-state index in [0.717, 1.165) is 17.9 Å². The van der Waals surface area contributed by atoms with Crippen LogP contribution in [-0.4, -0.2) is 32.4 Å². The zero-order valence-electron chi connectivity index (χ0n) is 13.3. The molecule has 0 aliphatic rings. The molecular weight excluding hydrogens is 266 g/mol. The Morgan fingerprint density at radius 3 is 2.71 bits per heavy atom. The minimum absolute atomic E-state index is 0.246. The summed E-state index contributed by atoms with van der Waals surface area (Å²) in [5.74, 6) is 1.37. The highest BCUT2D eigenvalue weighted by molar-refractivity contribution is 5.39. The van der Waals surface area contributed by atoms with Crippen LogP contribution in [0.2, 0.25) is 0 Å². The van der Waals surface area contributed by atoms with Gasteiger partial charge < -0.3 is 10.1 Å². The molecule has 2 heterocycles. The van der Waals surface area contributed by atoms with E-state index in [1.807, 2.05) is 31.6 Å². The molecule has 1 N–H and O–H groups in total. The first-order chi connectivity index (χ1) is 10.0. The van der Waals surface area contributed by atoms with E-state index in [2.05, 4.69) is 34.2 Å². The first kappa shape index (κ1) is 15.3. The molecule has 1 atom stereocenters. The smallest absolute Gasteiger partial charge is 0.218 e. The number of hydrogen-bond acceptors (Lipinski definition) is 5. The van der Waals surface area contributed by atoms with Crippen molar-refractivity contribution in [3.05, 3.63) is 29.3 Å². The third-order valence-electron chi connectivity index (χ3n) is 3.50. The minimum atomic E-state index is 0.246.